The number of carboxylic acid groups (broad SMARTS) is 1. The molecule has 1 heterocycles. The molecule has 0 spiro atoms. The first-order chi connectivity index (χ1) is 6.57. The van der Waals surface area contributed by atoms with Gasteiger partial charge in [-0.15, -0.1) is 0 Å². The standard InChI is InChI=1S/C8H6BrF2NO2/c9-3-5-4(8(13)14)1-2-12-6(5)7(10)11/h1-2,7H,3H2,(H,13,14). The number of hydrogen-bond acceptors (Lipinski definition) is 2. The van der Waals surface area contributed by atoms with Gasteiger partial charge in [-0.25, -0.2) is 13.6 Å². The van der Waals surface area contributed by atoms with Gasteiger partial charge in [-0.1, -0.05) is 15.9 Å². The number of nitrogens with zero attached hydrogens (tertiary/aromatic N) is 1. The minimum Gasteiger partial charge on any atom is -0.478 e. The summed E-state index contributed by atoms with van der Waals surface area (Å²) in [5.74, 6) is -1.23. The van der Waals surface area contributed by atoms with Crippen LogP contribution in [0.1, 0.15) is 28.0 Å². The number of aromatic carboxylic acids is 1. The van der Waals surface area contributed by atoms with E-state index in [1.807, 2.05) is 0 Å². The average Bonchev–Trinajstić information content (AvgIpc) is 2.16. The molecule has 14 heavy (non-hydrogen) atoms. The molecule has 1 aromatic rings. The van der Waals surface area contributed by atoms with Crippen LogP contribution < -0.4 is 0 Å². The maximum Gasteiger partial charge on any atom is 0.336 e. The second-order valence-corrected chi connectivity index (χ2v) is 3.02. The number of pyridine rings is 1. The van der Waals surface area contributed by atoms with Gasteiger partial charge in [-0.05, 0) is 6.07 Å². The lowest BCUT2D eigenvalue weighted by atomic mass is 10.1. The van der Waals surface area contributed by atoms with Gasteiger partial charge in [0.05, 0.1) is 5.56 Å². The highest BCUT2D eigenvalue weighted by Crippen LogP contribution is 2.25. The molecule has 76 valence electrons. The van der Waals surface area contributed by atoms with Gasteiger partial charge >= 0.3 is 5.97 Å². The smallest absolute Gasteiger partial charge is 0.336 e. The Morgan fingerprint density at radius 2 is 2.29 bits per heavy atom. The van der Waals surface area contributed by atoms with Gasteiger partial charge in [-0.3, -0.25) is 4.98 Å². The molecule has 0 saturated carbocycles. The molecule has 0 bridgehead atoms. The number of carboxylic acids is 1. The van der Waals surface area contributed by atoms with Crippen molar-refractivity contribution < 1.29 is 18.7 Å². The molecule has 0 aliphatic rings. The molecule has 6 heteroatoms. The van der Waals surface area contributed by atoms with E-state index in [-0.39, 0.29) is 16.5 Å². The Balaban J connectivity index is 3.32. The number of carbonyl (C=O) groups is 1. The zero-order chi connectivity index (χ0) is 10.7. The fraction of sp³-hybridized carbons (Fsp3) is 0.250. The summed E-state index contributed by atoms with van der Waals surface area (Å²) >= 11 is 2.96. The number of halogens is 3. The highest BCUT2D eigenvalue weighted by atomic mass is 79.9. The van der Waals surface area contributed by atoms with Crippen molar-refractivity contribution in [1.29, 1.82) is 0 Å². The van der Waals surface area contributed by atoms with Gasteiger partial charge in [0, 0.05) is 17.1 Å². The summed E-state index contributed by atoms with van der Waals surface area (Å²) in [6.07, 6.45) is -1.70. The molecule has 0 aromatic carbocycles. The third-order valence-electron chi connectivity index (χ3n) is 1.66. The lowest BCUT2D eigenvalue weighted by Crippen LogP contribution is -2.06. The number of alkyl halides is 3. The first kappa shape index (κ1) is 11.0. The number of hydrogen-bond donors (Lipinski definition) is 1. The Morgan fingerprint density at radius 3 is 2.71 bits per heavy atom. The summed E-state index contributed by atoms with van der Waals surface area (Å²) in [5, 5.41) is 8.75. The van der Waals surface area contributed by atoms with Crippen LogP contribution in [-0.2, 0) is 5.33 Å². The average molecular weight is 266 g/mol. The molecule has 0 aliphatic carbocycles. The predicted octanol–water partition coefficient (Wildman–Crippen LogP) is 2.61. The van der Waals surface area contributed by atoms with Gasteiger partial charge < -0.3 is 5.11 Å². The van der Waals surface area contributed by atoms with E-state index in [0.29, 0.717) is 0 Å². The van der Waals surface area contributed by atoms with E-state index in [4.69, 9.17) is 5.11 Å². The van der Waals surface area contributed by atoms with Crippen LogP contribution in [0.15, 0.2) is 12.3 Å². The summed E-state index contributed by atoms with van der Waals surface area (Å²) in [5.41, 5.74) is -0.607. The van der Waals surface area contributed by atoms with Crippen molar-refractivity contribution in [2.75, 3.05) is 0 Å². The molecule has 0 atom stereocenters. The Bertz CT molecular complexity index is 357. The van der Waals surface area contributed by atoms with Crippen LogP contribution >= 0.6 is 15.9 Å². The molecule has 1 N–H and O–H groups in total. The second kappa shape index (κ2) is 4.45. The Morgan fingerprint density at radius 1 is 1.64 bits per heavy atom. The van der Waals surface area contributed by atoms with Crippen molar-refractivity contribution in [2.45, 2.75) is 11.8 Å². The van der Waals surface area contributed by atoms with E-state index in [1.165, 1.54) is 6.07 Å². The summed E-state index contributed by atoms with van der Waals surface area (Å²) in [7, 11) is 0. The molecule has 1 rings (SSSR count). The van der Waals surface area contributed by atoms with Crippen LogP contribution in [0, 0.1) is 0 Å². The predicted molar refractivity (Wildman–Crippen MR) is 48.8 cm³/mol. The SMILES string of the molecule is O=C(O)c1ccnc(C(F)F)c1CBr. The monoisotopic (exact) mass is 265 g/mol. The Labute approximate surface area is 86.9 Å². The van der Waals surface area contributed by atoms with Crippen LogP contribution in [0.25, 0.3) is 0 Å². The van der Waals surface area contributed by atoms with E-state index in [2.05, 4.69) is 20.9 Å². The quantitative estimate of drug-likeness (QED) is 0.855. The van der Waals surface area contributed by atoms with Crippen LogP contribution in [-0.4, -0.2) is 16.1 Å². The molecule has 0 aliphatic heterocycles. The lowest BCUT2D eigenvalue weighted by molar-refractivity contribution is 0.0695. The molecule has 0 saturated heterocycles. The summed E-state index contributed by atoms with van der Waals surface area (Å²) in [4.78, 5) is 14.1. The first-order valence-corrected chi connectivity index (χ1v) is 4.75. The number of rotatable bonds is 3. The fourth-order valence-electron chi connectivity index (χ4n) is 1.04. The van der Waals surface area contributed by atoms with E-state index in [0.717, 1.165) is 6.20 Å². The molecule has 0 fully saturated rings. The van der Waals surface area contributed by atoms with Crippen LogP contribution in [0.4, 0.5) is 8.78 Å². The number of aromatic nitrogens is 1. The molecule has 0 radical (unpaired) electrons. The highest BCUT2D eigenvalue weighted by Gasteiger charge is 2.19. The van der Waals surface area contributed by atoms with E-state index >= 15 is 0 Å². The van der Waals surface area contributed by atoms with E-state index < -0.39 is 18.1 Å². The van der Waals surface area contributed by atoms with Gasteiger partial charge in [0.1, 0.15) is 5.69 Å². The highest BCUT2D eigenvalue weighted by molar-refractivity contribution is 9.08. The first-order valence-electron chi connectivity index (χ1n) is 3.63. The summed E-state index contributed by atoms with van der Waals surface area (Å²) in [6.45, 7) is 0. The Hall–Kier alpha value is -1.04. The minimum atomic E-state index is -2.76. The zero-order valence-corrected chi connectivity index (χ0v) is 8.46. The minimum absolute atomic E-state index is 0.0231. The maximum absolute atomic E-state index is 12.4. The second-order valence-electron chi connectivity index (χ2n) is 2.46. The van der Waals surface area contributed by atoms with Crippen LogP contribution in [0.5, 0.6) is 0 Å². The largest absolute Gasteiger partial charge is 0.478 e. The van der Waals surface area contributed by atoms with Crippen molar-refractivity contribution >= 4 is 21.9 Å². The third-order valence-corrected chi connectivity index (χ3v) is 2.22. The molecule has 1 aromatic heterocycles. The molecule has 3 nitrogen and oxygen atoms in total. The van der Waals surface area contributed by atoms with Crippen molar-refractivity contribution in [3.8, 4) is 0 Å². The lowest BCUT2D eigenvalue weighted by Gasteiger charge is -2.07. The van der Waals surface area contributed by atoms with Crippen LogP contribution in [0.3, 0.4) is 0 Å². The molecule has 0 unspecified atom stereocenters. The summed E-state index contributed by atoms with van der Waals surface area (Å²) in [6, 6.07) is 1.20. The van der Waals surface area contributed by atoms with Crippen molar-refractivity contribution in [1.82, 2.24) is 4.98 Å². The van der Waals surface area contributed by atoms with Crippen molar-refractivity contribution in [2.24, 2.45) is 0 Å². The summed E-state index contributed by atoms with van der Waals surface area (Å²) < 4.78 is 24.8. The van der Waals surface area contributed by atoms with Crippen molar-refractivity contribution in [3.63, 3.8) is 0 Å². The van der Waals surface area contributed by atoms with Crippen molar-refractivity contribution in [3.05, 3.63) is 29.1 Å². The van der Waals surface area contributed by atoms with Gasteiger partial charge in [0.15, 0.2) is 0 Å². The topological polar surface area (TPSA) is 50.2 Å². The zero-order valence-electron chi connectivity index (χ0n) is 6.88. The molecular formula is C8H6BrF2NO2. The van der Waals surface area contributed by atoms with E-state index in [1.54, 1.807) is 0 Å². The van der Waals surface area contributed by atoms with E-state index in [9.17, 15) is 13.6 Å². The molecular weight excluding hydrogens is 260 g/mol. The van der Waals surface area contributed by atoms with Gasteiger partial charge in [0.2, 0.25) is 0 Å². The van der Waals surface area contributed by atoms with Gasteiger partial charge in [-0.2, -0.15) is 0 Å². The van der Waals surface area contributed by atoms with Crippen LogP contribution in [0.2, 0.25) is 0 Å². The van der Waals surface area contributed by atoms with Gasteiger partial charge in [0.25, 0.3) is 6.43 Å². The maximum atomic E-state index is 12.4. The fourth-order valence-corrected chi connectivity index (χ4v) is 1.63. The normalized spacial score (nSPS) is 10.6. The third kappa shape index (κ3) is 2.06. The molecule has 0 amide bonds. The Kier molecular flexibility index (Phi) is 3.51.